The maximum atomic E-state index is 11.2. The summed E-state index contributed by atoms with van der Waals surface area (Å²) < 4.78 is 31.1. The van der Waals surface area contributed by atoms with Gasteiger partial charge >= 0.3 is 16.3 Å². The zero-order chi connectivity index (χ0) is 20.2. The van der Waals surface area contributed by atoms with Crippen LogP contribution >= 0.6 is 0 Å². The fourth-order valence-corrected chi connectivity index (χ4v) is 3.52. The first-order chi connectivity index (χ1) is 13.0. The monoisotopic (exact) mass is 408 g/mol. The van der Waals surface area contributed by atoms with Crippen LogP contribution in [0.3, 0.4) is 0 Å². The first-order valence-corrected chi connectivity index (χ1v) is 12.0. The fraction of sp³-hybridized carbons (Fsp3) is 0.900. The smallest absolute Gasteiger partial charge is 0.448 e. The van der Waals surface area contributed by atoms with E-state index in [2.05, 4.69) is 15.3 Å². The van der Waals surface area contributed by atoms with Gasteiger partial charge in [-0.25, -0.2) is 4.18 Å². The lowest BCUT2D eigenvalue weighted by molar-refractivity contribution is 0.168. The molecule has 0 heterocycles. The van der Waals surface area contributed by atoms with E-state index in [0.29, 0.717) is 12.7 Å². The van der Waals surface area contributed by atoms with Gasteiger partial charge in [0.15, 0.2) is 6.26 Å². The third-order valence-corrected chi connectivity index (χ3v) is 5.28. The largest absolute Gasteiger partial charge is 0.479 e. The summed E-state index contributed by atoms with van der Waals surface area (Å²) in [6.07, 6.45) is 20.3. The van der Waals surface area contributed by atoms with Crippen molar-refractivity contribution in [3.63, 3.8) is 0 Å². The SMILES string of the molecule is CCCCCCCCCCCCCCCCCCOS(=O)(=O)OC=C(O)O. The van der Waals surface area contributed by atoms with E-state index in [0.717, 1.165) is 12.8 Å². The molecule has 0 amide bonds. The third kappa shape index (κ3) is 21.2. The molecule has 0 spiro atoms. The second-order valence-electron chi connectivity index (χ2n) is 7.11. The molecule has 0 bridgehead atoms. The van der Waals surface area contributed by atoms with Gasteiger partial charge in [-0.2, -0.15) is 8.42 Å². The van der Waals surface area contributed by atoms with E-state index >= 15 is 0 Å². The minimum absolute atomic E-state index is 0.0425. The van der Waals surface area contributed by atoms with Crippen molar-refractivity contribution in [3.8, 4) is 0 Å². The number of aliphatic hydroxyl groups excluding tert-OH is 1. The Kier molecular flexibility index (Phi) is 17.8. The molecule has 0 aliphatic rings. The molecule has 0 aromatic rings. The first-order valence-electron chi connectivity index (χ1n) is 10.6. The van der Waals surface area contributed by atoms with Gasteiger partial charge in [0.05, 0.1) is 6.61 Å². The van der Waals surface area contributed by atoms with Crippen LogP contribution in [0, 0.1) is 0 Å². The molecule has 0 aromatic heterocycles. The van der Waals surface area contributed by atoms with E-state index in [4.69, 9.17) is 10.2 Å². The van der Waals surface area contributed by atoms with Crippen LogP contribution < -0.4 is 0 Å². The van der Waals surface area contributed by atoms with E-state index in [9.17, 15) is 8.42 Å². The molecule has 0 aromatic carbocycles. The van der Waals surface area contributed by atoms with Crippen LogP contribution in [0.2, 0.25) is 0 Å². The lowest BCUT2D eigenvalue weighted by Crippen LogP contribution is -2.08. The molecule has 0 aliphatic heterocycles. The Labute approximate surface area is 166 Å². The van der Waals surface area contributed by atoms with Crippen LogP contribution in [0.1, 0.15) is 110 Å². The van der Waals surface area contributed by atoms with Gasteiger partial charge in [0.25, 0.3) is 0 Å². The van der Waals surface area contributed by atoms with Crippen molar-refractivity contribution in [3.05, 3.63) is 12.2 Å². The third-order valence-electron chi connectivity index (χ3n) is 4.50. The number of unbranched alkanes of at least 4 members (excludes halogenated alkanes) is 15. The molecule has 0 radical (unpaired) electrons. The van der Waals surface area contributed by atoms with E-state index in [-0.39, 0.29) is 6.61 Å². The minimum Gasteiger partial charge on any atom is -0.479 e. The zero-order valence-electron chi connectivity index (χ0n) is 17.0. The van der Waals surface area contributed by atoms with Crippen molar-refractivity contribution in [2.45, 2.75) is 110 Å². The van der Waals surface area contributed by atoms with Gasteiger partial charge in [-0.1, -0.05) is 103 Å². The molecular formula is C20H40O6S. The van der Waals surface area contributed by atoms with Gasteiger partial charge in [-0.3, -0.25) is 0 Å². The van der Waals surface area contributed by atoms with E-state index in [1.165, 1.54) is 83.5 Å². The highest BCUT2D eigenvalue weighted by molar-refractivity contribution is 7.81. The topological polar surface area (TPSA) is 93.1 Å². The van der Waals surface area contributed by atoms with Crippen LogP contribution in [0.5, 0.6) is 0 Å². The van der Waals surface area contributed by atoms with Crippen molar-refractivity contribution in [1.29, 1.82) is 0 Å². The highest BCUT2D eigenvalue weighted by atomic mass is 32.3. The summed E-state index contributed by atoms with van der Waals surface area (Å²) in [6.45, 7) is 2.30. The Hall–Kier alpha value is -0.950. The molecule has 0 saturated carbocycles. The van der Waals surface area contributed by atoms with Gasteiger partial charge in [-0.05, 0) is 6.42 Å². The average molecular weight is 409 g/mol. The zero-order valence-corrected chi connectivity index (χ0v) is 17.9. The highest BCUT2D eigenvalue weighted by Gasteiger charge is 2.10. The molecule has 7 heteroatoms. The second kappa shape index (κ2) is 18.4. The summed E-state index contributed by atoms with van der Waals surface area (Å²) in [5, 5.41) is 16.8. The predicted octanol–water partition coefficient (Wildman–Crippen LogP) is 6.44. The standard InChI is InChI=1S/C20H40O6S/c1-2-3-4-5-6-7-8-9-10-11-12-13-14-15-16-17-18-25-27(23,24)26-19-20(21)22/h19,21-22H,2-18H2,1H3. The summed E-state index contributed by atoms with van der Waals surface area (Å²) in [6, 6.07) is 0. The Bertz CT molecular complexity index is 443. The van der Waals surface area contributed by atoms with Crippen LogP contribution in [0.15, 0.2) is 12.2 Å². The molecule has 0 rings (SSSR count). The maximum Gasteiger partial charge on any atom is 0.448 e. The van der Waals surface area contributed by atoms with E-state index < -0.39 is 16.3 Å². The van der Waals surface area contributed by atoms with Crippen molar-refractivity contribution in [2.24, 2.45) is 0 Å². The molecule has 0 aliphatic carbocycles. The Balaban J connectivity index is 3.24. The lowest BCUT2D eigenvalue weighted by Gasteiger charge is -2.04. The van der Waals surface area contributed by atoms with Gasteiger partial charge < -0.3 is 14.4 Å². The van der Waals surface area contributed by atoms with Crippen molar-refractivity contribution >= 4 is 10.4 Å². The molecule has 0 saturated heterocycles. The van der Waals surface area contributed by atoms with Crippen LogP contribution in [-0.4, -0.2) is 25.2 Å². The fourth-order valence-electron chi connectivity index (χ4n) is 2.94. The first kappa shape index (κ1) is 26.1. The lowest BCUT2D eigenvalue weighted by atomic mass is 10.0. The summed E-state index contributed by atoms with van der Waals surface area (Å²) in [4.78, 5) is 0. The summed E-state index contributed by atoms with van der Waals surface area (Å²) >= 11 is 0. The van der Waals surface area contributed by atoms with Gasteiger partial charge in [0.1, 0.15) is 0 Å². The van der Waals surface area contributed by atoms with E-state index in [1.807, 2.05) is 0 Å². The summed E-state index contributed by atoms with van der Waals surface area (Å²) in [5.74, 6) is -1.22. The minimum atomic E-state index is -4.19. The number of rotatable bonds is 20. The van der Waals surface area contributed by atoms with Gasteiger partial charge in [-0.15, -0.1) is 0 Å². The molecule has 2 N–H and O–H groups in total. The van der Waals surface area contributed by atoms with Crippen molar-refractivity contribution < 1.29 is 27.0 Å². The molecule has 27 heavy (non-hydrogen) atoms. The Morgan fingerprint density at radius 3 is 1.44 bits per heavy atom. The summed E-state index contributed by atoms with van der Waals surface area (Å²) in [5.41, 5.74) is 0. The molecule has 0 unspecified atom stereocenters. The average Bonchev–Trinajstić information content (AvgIpc) is 2.62. The van der Waals surface area contributed by atoms with Gasteiger partial charge in [0.2, 0.25) is 0 Å². The summed E-state index contributed by atoms with van der Waals surface area (Å²) in [7, 11) is -4.19. The number of hydrogen-bond donors (Lipinski definition) is 2. The number of hydrogen-bond acceptors (Lipinski definition) is 6. The van der Waals surface area contributed by atoms with Crippen LogP contribution in [-0.2, 0) is 18.8 Å². The van der Waals surface area contributed by atoms with Crippen molar-refractivity contribution in [1.82, 2.24) is 0 Å². The molecule has 6 nitrogen and oxygen atoms in total. The molecule has 162 valence electrons. The maximum absolute atomic E-state index is 11.2. The molecule has 0 fully saturated rings. The Morgan fingerprint density at radius 2 is 1.07 bits per heavy atom. The van der Waals surface area contributed by atoms with Crippen molar-refractivity contribution in [2.75, 3.05) is 6.61 Å². The normalized spacial score (nSPS) is 11.4. The second-order valence-corrected chi connectivity index (χ2v) is 8.35. The quantitative estimate of drug-likeness (QED) is 0.178. The molecule has 0 atom stereocenters. The van der Waals surface area contributed by atoms with Gasteiger partial charge in [0, 0.05) is 0 Å². The van der Waals surface area contributed by atoms with Crippen LogP contribution in [0.25, 0.3) is 0 Å². The highest BCUT2D eigenvalue weighted by Crippen LogP contribution is 2.13. The predicted molar refractivity (Wildman–Crippen MR) is 109 cm³/mol. The number of aliphatic hydroxyl groups is 2. The molecular weight excluding hydrogens is 368 g/mol. The Morgan fingerprint density at radius 1 is 0.704 bits per heavy atom. The van der Waals surface area contributed by atoms with E-state index in [1.54, 1.807) is 0 Å². The van der Waals surface area contributed by atoms with Crippen LogP contribution in [0.4, 0.5) is 0 Å².